The van der Waals surface area contributed by atoms with Crippen molar-refractivity contribution in [3.05, 3.63) is 11.2 Å². The fourth-order valence-electron chi connectivity index (χ4n) is 4.66. The lowest BCUT2D eigenvalue weighted by Gasteiger charge is -2.35. The van der Waals surface area contributed by atoms with Crippen molar-refractivity contribution in [1.29, 1.82) is 0 Å². The van der Waals surface area contributed by atoms with Crippen LogP contribution in [-0.4, -0.2) is 91.2 Å². The van der Waals surface area contributed by atoms with Gasteiger partial charge in [0, 0.05) is 59.5 Å². The maximum Gasteiger partial charge on any atom is 0.206 e. The number of rotatable bonds is 5. The van der Waals surface area contributed by atoms with Crippen molar-refractivity contribution in [1.82, 2.24) is 19.4 Å². The number of aryl methyl sites for hydroxylation is 1. The number of fused-ring (bicyclic) bond motifs is 3. The number of anilines is 2. The maximum atomic E-state index is 6.40. The van der Waals surface area contributed by atoms with Crippen molar-refractivity contribution >= 4 is 34.4 Å². The summed E-state index contributed by atoms with van der Waals surface area (Å²) in [5.74, 6) is 1.89. The molecule has 9 heteroatoms. The summed E-state index contributed by atoms with van der Waals surface area (Å²) in [4.78, 5) is 16.8. The molecule has 2 aromatic rings. The van der Waals surface area contributed by atoms with Crippen molar-refractivity contribution in [3.63, 3.8) is 0 Å². The van der Waals surface area contributed by atoms with Gasteiger partial charge in [0.2, 0.25) is 5.95 Å². The minimum Gasteiger partial charge on any atom is -0.383 e. The summed E-state index contributed by atoms with van der Waals surface area (Å²) in [5.41, 5.74) is 1.98. The number of nitrogens with zero attached hydrogens (tertiary/aromatic N) is 6. The van der Waals surface area contributed by atoms with Gasteiger partial charge in [0.05, 0.1) is 30.9 Å². The molecule has 0 aromatic carbocycles. The second-order valence-corrected chi connectivity index (χ2v) is 8.31. The third-order valence-electron chi connectivity index (χ3n) is 6.24. The first-order valence-electron chi connectivity index (χ1n) is 10.0. The molecule has 3 aliphatic heterocycles. The molecule has 2 aromatic heterocycles. The summed E-state index contributed by atoms with van der Waals surface area (Å²) >= 11 is 6.40. The number of aromatic nitrogens is 3. The number of hydrogen-bond acceptors (Lipinski definition) is 7. The average molecular weight is 407 g/mol. The molecule has 3 fully saturated rings. The highest BCUT2D eigenvalue weighted by atomic mass is 35.5. The first-order valence-corrected chi connectivity index (χ1v) is 10.4. The summed E-state index contributed by atoms with van der Waals surface area (Å²) in [6.45, 7) is 7.36. The topological polar surface area (TPSA) is 58.9 Å². The van der Waals surface area contributed by atoms with Gasteiger partial charge in [0.25, 0.3) is 0 Å². The van der Waals surface area contributed by atoms with Crippen LogP contribution in [0.2, 0.25) is 5.15 Å². The molecule has 152 valence electrons. The van der Waals surface area contributed by atoms with Crippen LogP contribution in [0.3, 0.4) is 0 Å². The zero-order valence-electron chi connectivity index (χ0n) is 16.5. The summed E-state index contributed by atoms with van der Waals surface area (Å²) < 4.78 is 13.1. The Kier molecular flexibility index (Phi) is 4.82. The molecule has 2 atom stereocenters. The molecule has 0 unspecified atom stereocenters. The van der Waals surface area contributed by atoms with E-state index < -0.39 is 0 Å². The Morgan fingerprint density at radius 1 is 1.25 bits per heavy atom. The first kappa shape index (κ1) is 18.4. The van der Waals surface area contributed by atoms with Gasteiger partial charge in [-0.2, -0.15) is 0 Å². The number of ether oxygens (including phenoxy) is 2. The van der Waals surface area contributed by atoms with Gasteiger partial charge in [-0.15, -0.1) is 0 Å². The van der Waals surface area contributed by atoms with Gasteiger partial charge in [-0.3, -0.25) is 4.90 Å². The Hall–Kier alpha value is -1.61. The lowest BCUT2D eigenvalue weighted by Crippen LogP contribution is -2.48. The van der Waals surface area contributed by atoms with E-state index in [1.807, 2.05) is 6.07 Å². The molecule has 28 heavy (non-hydrogen) atoms. The highest BCUT2D eigenvalue weighted by molar-refractivity contribution is 6.30. The van der Waals surface area contributed by atoms with Crippen molar-refractivity contribution in [2.45, 2.75) is 18.6 Å². The first-order chi connectivity index (χ1) is 13.6. The standard InChI is InChI=1S/C19H27ClN6O2/c1-23-15-10-16(20)21-18(26-11-14-9-13(26)12-28-14)17(15)22-19(23)25-5-3-24(4-6-25)7-8-27-2/h10,13-14H,3-9,11-12H2,1-2H3/t13-,14-/m0/s1. The molecule has 0 radical (unpaired) electrons. The number of halogens is 1. The van der Waals surface area contributed by atoms with E-state index in [0.29, 0.717) is 17.3 Å². The minimum absolute atomic E-state index is 0.309. The van der Waals surface area contributed by atoms with Gasteiger partial charge >= 0.3 is 0 Å². The van der Waals surface area contributed by atoms with E-state index in [4.69, 9.17) is 26.1 Å². The van der Waals surface area contributed by atoms with E-state index in [1.54, 1.807) is 7.11 Å². The van der Waals surface area contributed by atoms with Gasteiger partial charge in [-0.05, 0) is 6.42 Å². The normalized spacial score (nSPS) is 25.4. The highest BCUT2D eigenvalue weighted by Gasteiger charge is 2.41. The smallest absolute Gasteiger partial charge is 0.206 e. The molecule has 0 spiro atoms. The van der Waals surface area contributed by atoms with Gasteiger partial charge in [-0.1, -0.05) is 11.6 Å². The lowest BCUT2D eigenvalue weighted by molar-refractivity contribution is 0.0990. The maximum absolute atomic E-state index is 6.40. The molecule has 8 nitrogen and oxygen atoms in total. The molecule has 2 bridgehead atoms. The monoisotopic (exact) mass is 406 g/mol. The van der Waals surface area contributed by atoms with E-state index in [2.05, 4.69) is 31.3 Å². The Labute approximate surface area is 170 Å². The van der Waals surface area contributed by atoms with Crippen LogP contribution in [0.5, 0.6) is 0 Å². The van der Waals surface area contributed by atoms with Crippen molar-refractivity contribution in [2.75, 3.05) is 69.4 Å². The summed E-state index contributed by atoms with van der Waals surface area (Å²) in [7, 11) is 3.83. The molecule has 0 aliphatic carbocycles. The van der Waals surface area contributed by atoms with Gasteiger partial charge in [-0.25, -0.2) is 9.97 Å². The third-order valence-corrected chi connectivity index (χ3v) is 6.43. The largest absolute Gasteiger partial charge is 0.383 e. The zero-order valence-corrected chi connectivity index (χ0v) is 17.2. The Bertz CT molecular complexity index is 866. The van der Waals surface area contributed by atoms with E-state index in [9.17, 15) is 0 Å². The van der Waals surface area contributed by atoms with Crippen LogP contribution in [0.15, 0.2) is 6.07 Å². The summed E-state index contributed by atoms with van der Waals surface area (Å²) in [5, 5.41) is 0.519. The molecule has 0 N–H and O–H groups in total. The SMILES string of the molecule is COCCN1CCN(c2nc3c(N4C[C@@H]5C[C@H]4CO5)nc(Cl)cc3n2C)CC1. The molecule has 0 amide bonds. The van der Waals surface area contributed by atoms with Crippen LogP contribution in [-0.2, 0) is 16.5 Å². The molecule has 0 saturated carbocycles. The predicted molar refractivity (Wildman–Crippen MR) is 110 cm³/mol. The van der Waals surface area contributed by atoms with Gasteiger partial charge in [0.1, 0.15) is 10.7 Å². The molecular formula is C19H27ClN6O2. The quantitative estimate of drug-likeness (QED) is 0.695. The van der Waals surface area contributed by atoms with Gasteiger partial charge in [0.15, 0.2) is 5.82 Å². The minimum atomic E-state index is 0.309. The molecule has 5 rings (SSSR count). The second kappa shape index (κ2) is 7.33. The van der Waals surface area contributed by atoms with Crippen LogP contribution in [0.25, 0.3) is 11.0 Å². The predicted octanol–water partition coefficient (Wildman–Crippen LogP) is 1.37. The Balaban J connectivity index is 1.44. The summed E-state index contributed by atoms with van der Waals surface area (Å²) in [6, 6.07) is 2.31. The third kappa shape index (κ3) is 3.12. The number of pyridine rings is 1. The number of imidazole rings is 1. The highest BCUT2D eigenvalue weighted by Crippen LogP contribution is 2.37. The number of hydrogen-bond donors (Lipinski definition) is 0. The van der Waals surface area contributed by atoms with Crippen LogP contribution in [0.1, 0.15) is 6.42 Å². The van der Waals surface area contributed by atoms with Crippen LogP contribution >= 0.6 is 11.6 Å². The molecule has 3 aliphatic rings. The Morgan fingerprint density at radius 2 is 2.07 bits per heavy atom. The van der Waals surface area contributed by atoms with Gasteiger partial charge < -0.3 is 23.8 Å². The second-order valence-electron chi connectivity index (χ2n) is 7.93. The van der Waals surface area contributed by atoms with E-state index in [-0.39, 0.29) is 0 Å². The molecule has 3 saturated heterocycles. The van der Waals surface area contributed by atoms with Crippen molar-refractivity contribution in [3.8, 4) is 0 Å². The van der Waals surface area contributed by atoms with E-state index >= 15 is 0 Å². The van der Waals surface area contributed by atoms with Crippen molar-refractivity contribution in [2.24, 2.45) is 7.05 Å². The zero-order chi connectivity index (χ0) is 19.3. The number of morpholine rings is 1. The van der Waals surface area contributed by atoms with Crippen LogP contribution in [0.4, 0.5) is 11.8 Å². The van der Waals surface area contributed by atoms with E-state index in [0.717, 1.165) is 81.7 Å². The number of piperazine rings is 1. The molecule has 5 heterocycles. The fraction of sp³-hybridized carbons (Fsp3) is 0.684. The average Bonchev–Trinajstić information content (AvgIpc) is 3.42. The van der Waals surface area contributed by atoms with E-state index in [1.165, 1.54) is 0 Å². The summed E-state index contributed by atoms with van der Waals surface area (Å²) in [6.07, 6.45) is 1.38. The lowest BCUT2D eigenvalue weighted by atomic mass is 10.2. The van der Waals surface area contributed by atoms with Crippen LogP contribution in [0, 0.1) is 0 Å². The fourth-order valence-corrected chi connectivity index (χ4v) is 4.85. The Morgan fingerprint density at radius 3 is 2.75 bits per heavy atom. The van der Waals surface area contributed by atoms with Crippen LogP contribution < -0.4 is 9.80 Å². The number of methoxy groups -OCH3 is 1. The molecular weight excluding hydrogens is 380 g/mol. The van der Waals surface area contributed by atoms with Crippen molar-refractivity contribution < 1.29 is 9.47 Å².